The smallest absolute Gasteiger partial charge is 0.243 e. The molecule has 1 N–H and O–H groups in total. The Hall–Kier alpha value is -1.49. The highest BCUT2D eigenvalue weighted by Crippen LogP contribution is 2.25. The molecule has 152 valence electrons. The van der Waals surface area contributed by atoms with Gasteiger partial charge < -0.3 is 10.2 Å². The molecule has 0 unspecified atom stereocenters. The number of sulfone groups is 1. The highest BCUT2D eigenvalue weighted by atomic mass is 32.2. The van der Waals surface area contributed by atoms with Gasteiger partial charge in [-0.2, -0.15) is 4.31 Å². The number of amides is 1. The summed E-state index contributed by atoms with van der Waals surface area (Å²) < 4.78 is 51.4. The van der Waals surface area contributed by atoms with E-state index >= 15 is 0 Å². The highest BCUT2D eigenvalue weighted by molar-refractivity contribution is 7.92. The van der Waals surface area contributed by atoms with Gasteiger partial charge >= 0.3 is 0 Å². The van der Waals surface area contributed by atoms with Crippen LogP contribution in [-0.4, -0.2) is 76.7 Å². The van der Waals surface area contributed by atoms with Crippen LogP contribution >= 0.6 is 0 Å². The Bertz CT molecular complexity index is 864. The van der Waals surface area contributed by atoms with E-state index in [0.717, 1.165) is 5.56 Å². The summed E-state index contributed by atoms with van der Waals surface area (Å²) in [5, 5.41) is 2.66. The molecule has 0 saturated carbocycles. The number of hydrogen-bond acceptors (Lipinski definition) is 6. The molecule has 1 amide bonds. The molecule has 0 aliphatic carbocycles. The van der Waals surface area contributed by atoms with Crippen LogP contribution in [0.4, 0.5) is 0 Å². The predicted molar refractivity (Wildman–Crippen MR) is 103 cm³/mol. The van der Waals surface area contributed by atoms with Crippen molar-refractivity contribution >= 4 is 25.8 Å². The van der Waals surface area contributed by atoms with E-state index in [1.54, 1.807) is 12.1 Å². The molecule has 1 heterocycles. The zero-order valence-electron chi connectivity index (χ0n) is 15.9. The summed E-state index contributed by atoms with van der Waals surface area (Å²) >= 11 is 0. The Morgan fingerprint density at radius 3 is 2.30 bits per heavy atom. The van der Waals surface area contributed by atoms with Gasteiger partial charge in [0.2, 0.25) is 15.9 Å². The third kappa shape index (κ3) is 6.00. The number of sulfonamides is 1. The Balaban J connectivity index is 2.25. The normalized spacial score (nSPS) is 19.5. The van der Waals surface area contributed by atoms with Crippen molar-refractivity contribution < 1.29 is 21.6 Å². The average molecular weight is 418 g/mol. The van der Waals surface area contributed by atoms with Crippen LogP contribution in [0.2, 0.25) is 0 Å². The van der Waals surface area contributed by atoms with Gasteiger partial charge in [-0.25, -0.2) is 16.8 Å². The summed E-state index contributed by atoms with van der Waals surface area (Å²) in [6.07, 6.45) is 0.315. The average Bonchev–Trinajstić information content (AvgIpc) is 2.92. The van der Waals surface area contributed by atoms with Crippen molar-refractivity contribution in [1.82, 2.24) is 14.5 Å². The molecule has 0 spiro atoms. The number of nitrogens with zero attached hydrogens (tertiary/aromatic N) is 2. The molecular formula is C17H27N3O5S2. The van der Waals surface area contributed by atoms with Crippen LogP contribution in [0.25, 0.3) is 0 Å². The van der Waals surface area contributed by atoms with Crippen LogP contribution in [0.3, 0.4) is 0 Å². The molecule has 1 aliphatic rings. The Morgan fingerprint density at radius 2 is 1.81 bits per heavy atom. The molecule has 10 heteroatoms. The van der Waals surface area contributed by atoms with Gasteiger partial charge in [0.25, 0.3) is 0 Å². The van der Waals surface area contributed by atoms with Gasteiger partial charge in [-0.1, -0.05) is 12.1 Å². The topological polar surface area (TPSA) is 104 Å². The van der Waals surface area contributed by atoms with Crippen LogP contribution < -0.4 is 5.32 Å². The number of carbonyl (C=O) groups is 1. The van der Waals surface area contributed by atoms with Gasteiger partial charge in [0.15, 0.2) is 9.84 Å². The molecule has 1 aliphatic heterocycles. The van der Waals surface area contributed by atoms with E-state index in [9.17, 15) is 21.6 Å². The number of carbonyl (C=O) groups excluding carboxylic acids is 1. The summed E-state index contributed by atoms with van der Waals surface area (Å²) in [5.41, 5.74) is 0.785. The Kier molecular flexibility index (Phi) is 7.01. The lowest BCUT2D eigenvalue weighted by molar-refractivity contribution is -0.119. The lowest BCUT2D eigenvalue weighted by atomic mass is 10.2. The molecule has 1 aromatic rings. The number of benzene rings is 1. The maximum Gasteiger partial charge on any atom is 0.243 e. The van der Waals surface area contributed by atoms with Crippen LogP contribution in [0.5, 0.6) is 0 Å². The fraction of sp³-hybridized carbons (Fsp3) is 0.588. The first kappa shape index (κ1) is 21.8. The fourth-order valence-electron chi connectivity index (χ4n) is 2.94. The molecular weight excluding hydrogens is 390 g/mol. The minimum Gasteiger partial charge on any atom is -0.352 e. The van der Waals surface area contributed by atoms with E-state index in [1.807, 2.05) is 19.0 Å². The van der Waals surface area contributed by atoms with E-state index in [4.69, 9.17) is 0 Å². The van der Waals surface area contributed by atoms with Crippen molar-refractivity contribution in [3.63, 3.8) is 0 Å². The Labute approximate surface area is 161 Å². The highest BCUT2D eigenvalue weighted by Gasteiger charge is 2.38. The monoisotopic (exact) mass is 417 g/mol. The number of likely N-dealkylation sites (N-methyl/N-ethyl adjacent to an activating group) is 1. The summed E-state index contributed by atoms with van der Waals surface area (Å²) in [7, 11) is -3.35. The van der Waals surface area contributed by atoms with Gasteiger partial charge in [0, 0.05) is 32.6 Å². The molecule has 1 saturated heterocycles. The zero-order chi connectivity index (χ0) is 20.2. The number of nitrogens with one attached hydrogen (secondary N) is 1. The van der Waals surface area contributed by atoms with E-state index in [2.05, 4.69) is 5.32 Å². The first-order valence-corrected chi connectivity index (χ1v) is 12.0. The lowest BCUT2D eigenvalue weighted by Gasteiger charge is -2.28. The molecule has 8 nitrogen and oxygen atoms in total. The van der Waals surface area contributed by atoms with Crippen molar-refractivity contribution in [2.45, 2.75) is 30.8 Å². The minimum atomic E-state index is -3.82. The standard InChI is InChI=1S/C17H27N3O5S2/c1-14(21)18-12-15-4-6-17(7-5-15)27(24,25)20(10-9-19(2)3)16-8-11-26(22,23)13-16/h4-7,16H,8-13H2,1-3H3,(H,18,21)/t16-/m0/s1. The first-order valence-electron chi connectivity index (χ1n) is 8.71. The van der Waals surface area contributed by atoms with Crippen molar-refractivity contribution in [1.29, 1.82) is 0 Å². The second-order valence-corrected chi connectivity index (χ2v) is 11.1. The number of hydrogen-bond donors (Lipinski definition) is 1. The van der Waals surface area contributed by atoms with Crippen molar-refractivity contribution in [3.05, 3.63) is 29.8 Å². The van der Waals surface area contributed by atoms with Gasteiger partial charge in [-0.05, 0) is 38.2 Å². The maximum absolute atomic E-state index is 13.2. The van der Waals surface area contributed by atoms with E-state index in [0.29, 0.717) is 19.5 Å². The van der Waals surface area contributed by atoms with Gasteiger partial charge in [-0.3, -0.25) is 4.79 Å². The van der Waals surface area contributed by atoms with Crippen LogP contribution in [-0.2, 0) is 31.2 Å². The quantitative estimate of drug-likeness (QED) is 0.642. The molecule has 1 fully saturated rings. The molecule has 0 aromatic heterocycles. The largest absolute Gasteiger partial charge is 0.352 e. The number of rotatable bonds is 8. The van der Waals surface area contributed by atoms with Crippen molar-refractivity contribution in [2.24, 2.45) is 0 Å². The molecule has 1 atom stereocenters. The van der Waals surface area contributed by atoms with Crippen LogP contribution in [0, 0.1) is 0 Å². The molecule has 27 heavy (non-hydrogen) atoms. The Morgan fingerprint density at radius 1 is 1.19 bits per heavy atom. The van der Waals surface area contributed by atoms with Gasteiger partial charge in [0.05, 0.1) is 16.4 Å². The molecule has 2 rings (SSSR count). The van der Waals surface area contributed by atoms with Crippen LogP contribution in [0.1, 0.15) is 18.9 Å². The van der Waals surface area contributed by atoms with E-state index < -0.39 is 25.9 Å². The summed E-state index contributed by atoms with van der Waals surface area (Å²) in [4.78, 5) is 13.0. The van der Waals surface area contributed by atoms with Gasteiger partial charge in [-0.15, -0.1) is 0 Å². The third-order valence-electron chi connectivity index (χ3n) is 4.45. The van der Waals surface area contributed by atoms with E-state index in [-0.39, 0.29) is 28.9 Å². The molecule has 0 radical (unpaired) electrons. The van der Waals surface area contributed by atoms with Crippen molar-refractivity contribution in [2.75, 3.05) is 38.7 Å². The molecule has 1 aromatic carbocycles. The SMILES string of the molecule is CC(=O)NCc1ccc(S(=O)(=O)N(CCN(C)C)[C@H]2CCS(=O)(=O)C2)cc1. The second-order valence-electron chi connectivity index (χ2n) is 7.03. The van der Waals surface area contributed by atoms with Gasteiger partial charge in [0.1, 0.15) is 0 Å². The fourth-order valence-corrected chi connectivity index (χ4v) is 6.41. The minimum absolute atomic E-state index is 0.0152. The summed E-state index contributed by atoms with van der Waals surface area (Å²) in [6.45, 7) is 2.46. The summed E-state index contributed by atoms with van der Waals surface area (Å²) in [5.74, 6) is -0.286. The van der Waals surface area contributed by atoms with Crippen molar-refractivity contribution in [3.8, 4) is 0 Å². The van der Waals surface area contributed by atoms with Crippen LogP contribution in [0.15, 0.2) is 29.2 Å². The zero-order valence-corrected chi connectivity index (χ0v) is 17.5. The summed E-state index contributed by atoms with van der Waals surface area (Å²) in [6, 6.07) is 5.76. The maximum atomic E-state index is 13.2. The molecule has 0 bridgehead atoms. The predicted octanol–water partition coefficient (Wildman–Crippen LogP) is 0.0621. The lowest BCUT2D eigenvalue weighted by Crippen LogP contribution is -2.44. The first-order chi connectivity index (χ1) is 12.5. The second kappa shape index (κ2) is 8.68. The third-order valence-corrected chi connectivity index (χ3v) is 8.17. The van der Waals surface area contributed by atoms with E-state index in [1.165, 1.54) is 23.4 Å².